The lowest BCUT2D eigenvalue weighted by Crippen LogP contribution is -2.22. The summed E-state index contributed by atoms with van der Waals surface area (Å²) in [6.07, 6.45) is 0. The first-order chi connectivity index (χ1) is 10.2. The number of amides is 1. The number of nitrogens with one attached hydrogen (secondary N) is 1. The molecule has 2 aromatic carbocycles. The highest BCUT2D eigenvalue weighted by Crippen LogP contribution is 2.31. The van der Waals surface area contributed by atoms with E-state index in [2.05, 4.69) is 5.32 Å². The molecule has 110 valence electrons. The number of para-hydroxylation sites is 2. The van der Waals surface area contributed by atoms with Crippen molar-refractivity contribution in [1.29, 1.82) is 0 Å². The maximum absolute atomic E-state index is 11.8. The molecule has 0 saturated carbocycles. The van der Waals surface area contributed by atoms with Gasteiger partial charge in [-0.3, -0.25) is 4.79 Å². The second-order valence-electron chi connectivity index (χ2n) is 4.37. The van der Waals surface area contributed by atoms with Gasteiger partial charge in [0.25, 0.3) is 5.91 Å². The molecule has 0 saturated heterocycles. The third kappa shape index (κ3) is 3.99. The van der Waals surface area contributed by atoms with Crippen LogP contribution >= 0.6 is 0 Å². The molecule has 0 radical (unpaired) electrons. The van der Waals surface area contributed by atoms with Crippen molar-refractivity contribution in [1.82, 2.24) is 5.32 Å². The van der Waals surface area contributed by atoms with E-state index in [1.807, 2.05) is 44.2 Å². The molecule has 0 aliphatic rings. The Morgan fingerprint density at radius 1 is 1.05 bits per heavy atom. The second-order valence-corrected chi connectivity index (χ2v) is 4.37. The first-order valence-corrected chi connectivity index (χ1v) is 7.02. The summed E-state index contributed by atoms with van der Waals surface area (Å²) in [5.41, 5.74) is 0.572. The average Bonchev–Trinajstić information content (AvgIpc) is 2.50. The number of benzene rings is 2. The third-order valence-corrected chi connectivity index (χ3v) is 2.81. The molecule has 0 fully saturated rings. The Hall–Kier alpha value is -2.49. The summed E-state index contributed by atoms with van der Waals surface area (Å²) in [6.45, 7) is 4.97. The summed E-state index contributed by atoms with van der Waals surface area (Å²) in [7, 11) is 0. The van der Waals surface area contributed by atoms with Gasteiger partial charge in [0.05, 0.1) is 6.61 Å². The first kappa shape index (κ1) is 14.9. The molecule has 1 N–H and O–H groups in total. The lowest BCUT2D eigenvalue weighted by Gasteiger charge is -2.12. The summed E-state index contributed by atoms with van der Waals surface area (Å²) in [4.78, 5) is 11.8. The molecule has 0 heterocycles. The van der Waals surface area contributed by atoms with Crippen molar-refractivity contribution in [2.45, 2.75) is 13.8 Å². The van der Waals surface area contributed by atoms with Crippen LogP contribution in [-0.2, 0) is 0 Å². The van der Waals surface area contributed by atoms with E-state index >= 15 is 0 Å². The topological polar surface area (TPSA) is 47.6 Å². The highest BCUT2D eigenvalue weighted by atomic mass is 16.5. The van der Waals surface area contributed by atoms with E-state index in [9.17, 15) is 4.79 Å². The van der Waals surface area contributed by atoms with Crippen molar-refractivity contribution in [2.24, 2.45) is 0 Å². The van der Waals surface area contributed by atoms with Gasteiger partial charge in [0, 0.05) is 12.1 Å². The number of hydrogen-bond acceptors (Lipinski definition) is 3. The molecular weight excluding hydrogens is 266 g/mol. The largest absolute Gasteiger partial charge is 0.490 e. The molecule has 21 heavy (non-hydrogen) atoms. The Kier molecular flexibility index (Phi) is 5.21. The van der Waals surface area contributed by atoms with Gasteiger partial charge in [-0.25, -0.2) is 0 Å². The van der Waals surface area contributed by atoms with Gasteiger partial charge in [-0.05, 0) is 44.2 Å². The van der Waals surface area contributed by atoms with Gasteiger partial charge < -0.3 is 14.8 Å². The van der Waals surface area contributed by atoms with Crippen LogP contribution in [0.25, 0.3) is 0 Å². The lowest BCUT2D eigenvalue weighted by atomic mass is 10.2. The first-order valence-electron chi connectivity index (χ1n) is 7.02. The summed E-state index contributed by atoms with van der Waals surface area (Å²) >= 11 is 0. The van der Waals surface area contributed by atoms with Crippen molar-refractivity contribution in [2.75, 3.05) is 13.2 Å². The van der Waals surface area contributed by atoms with Gasteiger partial charge in [0.15, 0.2) is 11.5 Å². The molecule has 2 aromatic rings. The second kappa shape index (κ2) is 7.33. The molecular formula is C17H19NO3. The van der Waals surface area contributed by atoms with E-state index in [0.29, 0.717) is 36.0 Å². The minimum absolute atomic E-state index is 0.110. The Balaban J connectivity index is 2.20. The Labute approximate surface area is 124 Å². The number of carbonyl (C=O) groups is 1. The standard InChI is InChI=1S/C17H19NO3/c1-3-18-17(19)13-8-7-9-14(12-13)21-16-11-6-5-10-15(16)20-4-2/h5-12H,3-4H2,1-2H3,(H,18,19). The van der Waals surface area contributed by atoms with E-state index < -0.39 is 0 Å². The zero-order chi connectivity index (χ0) is 15.1. The van der Waals surface area contributed by atoms with Crippen LogP contribution in [0.15, 0.2) is 48.5 Å². The number of carbonyl (C=O) groups excluding carboxylic acids is 1. The maximum atomic E-state index is 11.8. The van der Waals surface area contributed by atoms with Crippen LogP contribution in [0.3, 0.4) is 0 Å². The van der Waals surface area contributed by atoms with E-state index in [4.69, 9.17) is 9.47 Å². The van der Waals surface area contributed by atoms with Gasteiger partial charge in [0.1, 0.15) is 5.75 Å². The van der Waals surface area contributed by atoms with E-state index in [-0.39, 0.29) is 5.91 Å². The zero-order valence-corrected chi connectivity index (χ0v) is 12.3. The lowest BCUT2D eigenvalue weighted by molar-refractivity contribution is 0.0955. The average molecular weight is 285 g/mol. The molecule has 0 aliphatic heterocycles. The van der Waals surface area contributed by atoms with Crippen molar-refractivity contribution >= 4 is 5.91 Å². The van der Waals surface area contributed by atoms with Crippen LogP contribution in [0.5, 0.6) is 17.2 Å². The molecule has 4 nitrogen and oxygen atoms in total. The van der Waals surface area contributed by atoms with Crippen molar-refractivity contribution in [3.05, 3.63) is 54.1 Å². The van der Waals surface area contributed by atoms with Crippen molar-refractivity contribution < 1.29 is 14.3 Å². The fourth-order valence-corrected chi connectivity index (χ4v) is 1.90. The van der Waals surface area contributed by atoms with Crippen LogP contribution in [-0.4, -0.2) is 19.1 Å². The van der Waals surface area contributed by atoms with Crippen LogP contribution in [0.1, 0.15) is 24.2 Å². The van der Waals surface area contributed by atoms with Crippen LogP contribution < -0.4 is 14.8 Å². The molecule has 2 rings (SSSR count). The molecule has 0 spiro atoms. The smallest absolute Gasteiger partial charge is 0.251 e. The highest BCUT2D eigenvalue weighted by Gasteiger charge is 2.08. The molecule has 0 aliphatic carbocycles. The van der Waals surface area contributed by atoms with Gasteiger partial charge in [0.2, 0.25) is 0 Å². The SMILES string of the molecule is CCNC(=O)c1cccc(Oc2ccccc2OCC)c1. The number of hydrogen-bond donors (Lipinski definition) is 1. The quantitative estimate of drug-likeness (QED) is 0.881. The van der Waals surface area contributed by atoms with Crippen LogP contribution in [0.2, 0.25) is 0 Å². The normalized spacial score (nSPS) is 10.0. The molecule has 0 unspecified atom stereocenters. The highest BCUT2D eigenvalue weighted by molar-refractivity contribution is 5.94. The number of rotatable bonds is 6. The molecule has 0 aromatic heterocycles. The molecule has 4 heteroatoms. The van der Waals surface area contributed by atoms with E-state index in [0.717, 1.165) is 0 Å². The van der Waals surface area contributed by atoms with Gasteiger partial charge >= 0.3 is 0 Å². The Bertz CT molecular complexity index is 610. The fourth-order valence-electron chi connectivity index (χ4n) is 1.90. The monoisotopic (exact) mass is 285 g/mol. The summed E-state index contributed by atoms with van der Waals surface area (Å²) in [5, 5.41) is 2.77. The molecule has 0 atom stereocenters. The number of ether oxygens (including phenoxy) is 2. The van der Waals surface area contributed by atoms with Gasteiger partial charge in [-0.1, -0.05) is 18.2 Å². The maximum Gasteiger partial charge on any atom is 0.251 e. The van der Waals surface area contributed by atoms with Gasteiger partial charge in [-0.2, -0.15) is 0 Å². The Morgan fingerprint density at radius 3 is 2.52 bits per heavy atom. The fraction of sp³-hybridized carbons (Fsp3) is 0.235. The van der Waals surface area contributed by atoms with Crippen molar-refractivity contribution in [3.63, 3.8) is 0 Å². The third-order valence-electron chi connectivity index (χ3n) is 2.81. The van der Waals surface area contributed by atoms with Gasteiger partial charge in [-0.15, -0.1) is 0 Å². The minimum Gasteiger partial charge on any atom is -0.490 e. The van der Waals surface area contributed by atoms with Crippen LogP contribution in [0.4, 0.5) is 0 Å². The van der Waals surface area contributed by atoms with Crippen LogP contribution in [0, 0.1) is 0 Å². The molecule has 0 bridgehead atoms. The summed E-state index contributed by atoms with van der Waals surface area (Å²) in [6, 6.07) is 14.5. The van der Waals surface area contributed by atoms with Crippen molar-refractivity contribution in [3.8, 4) is 17.2 Å². The predicted molar refractivity (Wildman–Crippen MR) is 82.1 cm³/mol. The Morgan fingerprint density at radius 2 is 1.81 bits per heavy atom. The predicted octanol–water partition coefficient (Wildman–Crippen LogP) is 3.63. The zero-order valence-electron chi connectivity index (χ0n) is 12.3. The van der Waals surface area contributed by atoms with E-state index in [1.54, 1.807) is 18.2 Å². The molecule has 1 amide bonds. The van der Waals surface area contributed by atoms with E-state index in [1.165, 1.54) is 0 Å². The summed E-state index contributed by atoms with van der Waals surface area (Å²) in [5.74, 6) is 1.81. The minimum atomic E-state index is -0.110. The summed E-state index contributed by atoms with van der Waals surface area (Å²) < 4.78 is 11.3.